The summed E-state index contributed by atoms with van der Waals surface area (Å²) in [7, 11) is 0. The van der Waals surface area contributed by atoms with Crippen LogP contribution in [-0.2, 0) is 0 Å². The molecule has 2 rings (SSSR count). The van der Waals surface area contributed by atoms with Crippen molar-refractivity contribution < 1.29 is 0 Å². The summed E-state index contributed by atoms with van der Waals surface area (Å²) in [6.07, 6.45) is 12.3. The van der Waals surface area contributed by atoms with Crippen molar-refractivity contribution in [3.63, 3.8) is 0 Å². The summed E-state index contributed by atoms with van der Waals surface area (Å²) in [6, 6.07) is 2.73. The molecule has 3 heteroatoms. The molecule has 1 saturated carbocycles. The summed E-state index contributed by atoms with van der Waals surface area (Å²) < 4.78 is 0. The van der Waals surface area contributed by atoms with Gasteiger partial charge in [0.25, 0.3) is 0 Å². The number of aromatic nitrogens is 1. The summed E-state index contributed by atoms with van der Waals surface area (Å²) in [5.74, 6) is 1.18. The van der Waals surface area contributed by atoms with Gasteiger partial charge in [-0.2, -0.15) is 11.8 Å². The zero-order valence-electron chi connectivity index (χ0n) is 12.9. The Balaban J connectivity index is 1.92. The van der Waals surface area contributed by atoms with Crippen molar-refractivity contribution in [2.75, 3.05) is 12.3 Å². The fourth-order valence-electron chi connectivity index (χ4n) is 2.82. The summed E-state index contributed by atoms with van der Waals surface area (Å²) in [6.45, 7) is 5.44. The van der Waals surface area contributed by atoms with Gasteiger partial charge in [0.05, 0.1) is 0 Å². The lowest BCUT2D eigenvalue weighted by molar-refractivity contribution is 0.513. The van der Waals surface area contributed by atoms with Gasteiger partial charge in [0.1, 0.15) is 0 Å². The predicted molar refractivity (Wildman–Crippen MR) is 89.3 cm³/mol. The Labute approximate surface area is 128 Å². The molecule has 0 radical (unpaired) electrons. The van der Waals surface area contributed by atoms with Crippen LogP contribution >= 0.6 is 11.8 Å². The van der Waals surface area contributed by atoms with Crippen LogP contribution < -0.4 is 5.32 Å². The minimum atomic E-state index is 0.453. The molecule has 112 valence electrons. The molecule has 1 aliphatic rings. The number of hydrogen-bond donors (Lipinski definition) is 1. The van der Waals surface area contributed by atoms with Crippen LogP contribution in [0, 0.1) is 6.92 Å². The van der Waals surface area contributed by atoms with E-state index < -0.39 is 0 Å². The molecule has 0 spiro atoms. The number of rotatable bonds is 7. The van der Waals surface area contributed by atoms with Crippen LogP contribution in [-0.4, -0.2) is 22.5 Å². The van der Waals surface area contributed by atoms with Gasteiger partial charge in [0.2, 0.25) is 0 Å². The Kier molecular flexibility index (Phi) is 6.88. The van der Waals surface area contributed by atoms with Crippen molar-refractivity contribution in [3.8, 4) is 0 Å². The quantitative estimate of drug-likeness (QED) is 0.801. The number of nitrogens with zero attached hydrogens (tertiary/aromatic N) is 1. The Morgan fingerprint density at radius 3 is 2.80 bits per heavy atom. The normalized spacial score (nSPS) is 18.1. The van der Waals surface area contributed by atoms with E-state index in [2.05, 4.69) is 42.0 Å². The second-order valence-corrected chi connectivity index (χ2v) is 7.23. The second kappa shape index (κ2) is 8.68. The van der Waals surface area contributed by atoms with E-state index in [1.165, 1.54) is 55.4 Å². The third-order valence-corrected chi connectivity index (χ3v) is 5.46. The standard InChI is InChI=1S/C17H28N2S/c1-3-9-19-17(15-10-14(2)11-18-12-15)13-20-16-7-5-4-6-8-16/h10-12,16-17,19H,3-9,13H2,1-2H3. The van der Waals surface area contributed by atoms with Gasteiger partial charge in [-0.05, 0) is 43.9 Å². The van der Waals surface area contributed by atoms with Crippen molar-refractivity contribution in [3.05, 3.63) is 29.6 Å². The number of thioether (sulfide) groups is 1. The van der Waals surface area contributed by atoms with E-state index in [1.54, 1.807) is 0 Å². The first kappa shape index (κ1) is 15.8. The lowest BCUT2D eigenvalue weighted by Crippen LogP contribution is -2.25. The molecular weight excluding hydrogens is 264 g/mol. The van der Waals surface area contributed by atoms with Crippen molar-refractivity contribution in [2.45, 2.75) is 63.7 Å². The van der Waals surface area contributed by atoms with Gasteiger partial charge < -0.3 is 5.32 Å². The van der Waals surface area contributed by atoms with Crippen molar-refractivity contribution in [1.29, 1.82) is 0 Å². The molecule has 0 saturated heterocycles. The highest BCUT2D eigenvalue weighted by molar-refractivity contribution is 7.99. The molecule has 1 unspecified atom stereocenters. The van der Waals surface area contributed by atoms with Crippen LogP contribution in [0.25, 0.3) is 0 Å². The maximum absolute atomic E-state index is 4.36. The van der Waals surface area contributed by atoms with E-state index in [0.29, 0.717) is 6.04 Å². The Bertz CT molecular complexity index is 388. The van der Waals surface area contributed by atoms with E-state index in [0.717, 1.165) is 11.8 Å². The first-order valence-corrected chi connectivity index (χ1v) is 9.11. The molecule has 1 aromatic rings. The Morgan fingerprint density at radius 1 is 1.30 bits per heavy atom. The number of hydrogen-bond acceptors (Lipinski definition) is 3. The summed E-state index contributed by atoms with van der Waals surface area (Å²) in [4.78, 5) is 4.36. The minimum Gasteiger partial charge on any atom is -0.309 e. The van der Waals surface area contributed by atoms with Crippen LogP contribution in [0.2, 0.25) is 0 Å². The maximum Gasteiger partial charge on any atom is 0.0427 e. The smallest absolute Gasteiger partial charge is 0.0427 e. The first-order chi connectivity index (χ1) is 9.79. The van der Waals surface area contributed by atoms with Gasteiger partial charge >= 0.3 is 0 Å². The van der Waals surface area contributed by atoms with Crippen LogP contribution in [0.1, 0.15) is 62.6 Å². The number of aryl methyl sites for hydroxylation is 1. The van der Waals surface area contributed by atoms with Crippen LogP contribution in [0.4, 0.5) is 0 Å². The van der Waals surface area contributed by atoms with E-state index in [4.69, 9.17) is 0 Å². The van der Waals surface area contributed by atoms with E-state index in [1.807, 2.05) is 12.4 Å². The Hall–Kier alpha value is -0.540. The van der Waals surface area contributed by atoms with Crippen molar-refractivity contribution >= 4 is 11.8 Å². The van der Waals surface area contributed by atoms with Crippen molar-refractivity contribution in [1.82, 2.24) is 10.3 Å². The average molecular weight is 292 g/mol. The number of nitrogens with one attached hydrogen (secondary N) is 1. The lowest BCUT2D eigenvalue weighted by Gasteiger charge is -2.25. The molecule has 0 bridgehead atoms. The van der Waals surface area contributed by atoms with Crippen molar-refractivity contribution in [2.24, 2.45) is 0 Å². The molecule has 1 N–H and O–H groups in total. The fraction of sp³-hybridized carbons (Fsp3) is 0.706. The summed E-state index contributed by atoms with van der Waals surface area (Å²) >= 11 is 2.17. The molecule has 0 aliphatic heterocycles. The summed E-state index contributed by atoms with van der Waals surface area (Å²) in [5, 5.41) is 4.57. The molecule has 20 heavy (non-hydrogen) atoms. The van der Waals surface area contributed by atoms with Crippen LogP contribution in [0.3, 0.4) is 0 Å². The third-order valence-electron chi connectivity index (χ3n) is 3.99. The molecule has 2 nitrogen and oxygen atoms in total. The average Bonchev–Trinajstić information content (AvgIpc) is 2.48. The highest BCUT2D eigenvalue weighted by atomic mass is 32.2. The SMILES string of the molecule is CCCNC(CSC1CCCCC1)c1cncc(C)c1. The third kappa shape index (κ3) is 5.10. The van der Waals surface area contributed by atoms with Gasteiger partial charge in [-0.15, -0.1) is 0 Å². The van der Waals surface area contributed by atoms with Gasteiger partial charge in [-0.25, -0.2) is 0 Å². The highest BCUT2D eigenvalue weighted by Gasteiger charge is 2.17. The fourth-order valence-corrected chi connectivity index (χ4v) is 4.27. The molecule has 1 atom stereocenters. The summed E-state index contributed by atoms with van der Waals surface area (Å²) in [5.41, 5.74) is 2.61. The predicted octanol–water partition coefficient (Wildman–Crippen LogP) is 4.50. The zero-order chi connectivity index (χ0) is 14.2. The molecule has 1 aromatic heterocycles. The highest BCUT2D eigenvalue weighted by Crippen LogP contribution is 2.31. The second-order valence-electron chi connectivity index (χ2n) is 5.90. The van der Waals surface area contributed by atoms with E-state index in [-0.39, 0.29) is 0 Å². The van der Waals surface area contributed by atoms with Gasteiger partial charge in [-0.3, -0.25) is 4.98 Å². The zero-order valence-corrected chi connectivity index (χ0v) is 13.7. The largest absolute Gasteiger partial charge is 0.309 e. The van der Waals surface area contributed by atoms with Gasteiger partial charge in [-0.1, -0.05) is 32.3 Å². The molecule has 1 aliphatic carbocycles. The lowest BCUT2D eigenvalue weighted by atomic mass is 10.0. The van der Waals surface area contributed by atoms with Crippen LogP contribution in [0.5, 0.6) is 0 Å². The topological polar surface area (TPSA) is 24.9 Å². The van der Waals surface area contributed by atoms with Gasteiger partial charge in [0.15, 0.2) is 0 Å². The molecule has 1 heterocycles. The maximum atomic E-state index is 4.36. The first-order valence-electron chi connectivity index (χ1n) is 8.06. The Morgan fingerprint density at radius 2 is 2.10 bits per heavy atom. The monoisotopic (exact) mass is 292 g/mol. The number of pyridine rings is 1. The molecule has 0 amide bonds. The minimum absolute atomic E-state index is 0.453. The van der Waals surface area contributed by atoms with Crippen LogP contribution in [0.15, 0.2) is 18.5 Å². The van der Waals surface area contributed by atoms with E-state index >= 15 is 0 Å². The van der Waals surface area contributed by atoms with E-state index in [9.17, 15) is 0 Å². The van der Waals surface area contributed by atoms with Gasteiger partial charge in [0, 0.05) is 29.4 Å². The molecular formula is C17H28N2S. The molecule has 1 fully saturated rings. The molecule has 0 aromatic carbocycles.